The third-order valence-corrected chi connectivity index (χ3v) is 5.05. The Morgan fingerprint density at radius 2 is 1.78 bits per heavy atom. The molecule has 0 unspecified atom stereocenters. The van der Waals surface area contributed by atoms with Crippen molar-refractivity contribution in [2.45, 2.75) is 25.8 Å². The van der Waals surface area contributed by atoms with Crippen LogP contribution in [0, 0.1) is 0 Å². The normalized spacial score (nSPS) is 14.7. The third-order valence-electron chi connectivity index (χ3n) is 4.52. The second kappa shape index (κ2) is 8.63. The highest BCUT2D eigenvalue weighted by Crippen LogP contribution is 2.33. The molecule has 1 saturated heterocycles. The van der Waals surface area contributed by atoms with Gasteiger partial charge in [0, 0.05) is 31.1 Å². The topological polar surface area (TPSA) is 58.6 Å². The van der Waals surface area contributed by atoms with E-state index in [4.69, 9.17) is 27.9 Å². The molecule has 0 spiro atoms. The predicted octanol–water partition coefficient (Wildman–Crippen LogP) is 4.53. The molecule has 0 saturated carbocycles. The first kappa shape index (κ1) is 19.5. The van der Waals surface area contributed by atoms with E-state index in [1.165, 1.54) is 0 Å². The highest BCUT2D eigenvalue weighted by molar-refractivity contribution is 6.35. The minimum Gasteiger partial charge on any atom is -0.455 e. The van der Waals surface area contributed by atoms with Crippen LogP contribution in [0.25, 0.3) is 0 Å². The Kier molecular flexibility index (Phi) is 6.24. The van der Waals surface area contributed by atoms with Gasteiger partial charge in [0.1, 0.15) is 11.5 Å². The van der Waals surface area contributed by atoms with Crippen molar-refractivity contribution in [3.05, 3.63) is 58.1 Å². The van der Waals surface area contributed by atoms with Gasteiger partial charge < -0.3 is 15.0 Å². The van der Waals surface area contributed by atoms with Gasteiger partial charge in [0.25, 0.3) is 5.91 Å². The Bertz CT molecular complexity index is 849. The lowest BCUT2D eigenvalue weighted by Gasteiger charge is -2.31. The number of benzene rings is 2. The smallest absolute Gasteiger partial charge is 0.255 e. The van der Waals surface area contributed by atoms with Crippen molar-refractivity contribution in [3.63, 3.8) is 0 Å². The van der Waals surface area contributed by atoms with E-state index in [0.717, 1.165) is 12.8 Å². The van der Waals surface area contributed by atoms with Crippen molar-refractivity contribution < 1.29 is 14.3 Å². The summed E-state index contributed by atoms with van der Waals surface area (Å²) in [5, 5.41) is 3.91. The number of hydrogen-bond acceptors (Lipinski definition) is 3. The van der Waals surface area contributed by atoms with Crippen LogP contribution >= 0.6 is 23.2 Å². The van der Waals surface area contributed by atoms with Crippen molar-refractivity contribution in [1.29, 1.82) is 0 Å². The van der Waals surface area contributed by atoms with E-state index < -0.39 is 0 Å². The first-order chi connectivity index (χ1) is 12.9. The van der Waals surface area contributed by atoms with Gasteiger partial charge in [-0.3, -0.25) is 9.59 Å². The van der Waals surface area contributed by atoms with E-state index in [1.54, 1.807) is 54.3 Å². The summed E-state index contributed by atoms with van der Waals surface area (Å²) in [6, 6.07) is 12.0. The van der Waals surface area contributed by atoms with Crippen LogP contribution in [0.1, 0.15) is 30.1 Å². The fourth-order valence-electron chi connectivity index (χ4n) is 3.02. The SMILES string of the molecule is CC(=O)N1CCC(NC(=O)c2ccccc2Oc2ccc(Cl)cc2Cl)CC1. The number of likely N-dealkylation sites (tertiary alicyclic amines) is 1. The second-order valence-corrected chi connectivity index (χ2v) is 7.27. The van der Waals surface area contributed by atoms with Crippen LogP contribution in [0.3, 0.4) is 0 Å². The molecule has 1 N–H and O–H groups in total. The lowest BCUT2D eigenvalue weighted by atomic mass is 10.0. The van der Waals surface area contributed by atoms with Crippen LogP contribution in [0.2, 0.25) is 10.0 Å². The number of carbonyl (C=O) groups excluding carboxylic acids is 2. The second-order valence-electron chi connectivity index (χ2n) is 6.43. The van der Waals surface area contributed by atoms with Crippen LogP contribution in [0.5, 0.6) is 11.5 Å². The van der Waals surface area contributed by atoms with Gasteiger partial charge in [-0.05, 0) is 43.2 Å². The zero-order chi connectivity index (χ0) is 19.4. The summed E-state index contributed by atoms with van der Waals surface area (Å²) in [4.78, 5) is 26.0. The summed E-state index contributed by atoms with van der Waals surface area (Å²) < 4.78 is 5.85. The molecule has 2 aromatic carbocycles. The van der Waals surface area contributed by atoms with Crippen LogP contribution in [0.15, 0.2) is 42.5 Å². The molecule has 2 aromatic rings. The Morgan fingerprint density at radius 1 is 1.07 bits per heavy atom. The Labute approximate surface area is 168 Å². The number of hydrogen-bond donors (Lipinski definition) is 1. The van der Waals surface area contributed by atoms with Gasteiger partial charge in [0.15, 0.2) is 0 Å². The molecule has 142 valence electrons. The number of carbonyl (C=O) groups is 2. The summed E-state index contributed by atoms with van der Waals surface area (Å²) in [5.41, 5.74) is 0.428. The number of amides is 2. The monoisotopic (exact) mass is 406 g/mol. The molecular weight excluding hydrogens is 387 g/mol. The number of ether oxygens (including phenoxy) is 1. The standard InChI is InChI=1S/C20H20Cl2N2O3/c1-13(25)24-10-8-15(9-11-24)23-20(26)16-4-2-3-5-18(16)27-19-7-6-14(21)12-17(19)22/h2-7,12,15H,8-11H2,1H3,(H,23,26). The van der Waals surface area contributed by atoms with Gasteiger partial charge in [-0.25, -0.2) is 0 Å². The molecular formula is C20H20Cl2N2O3. The molecule has 3 rings (SSSR count). The van der Waals surface area contributed by atoms with Gasteiger partial charge in [-0.15, -0.1) is 0 Å². The molecule has 5 nitrogen and oxygen atoms in total. The quantitative estimate of drug-likeness (QED) is 0.811. The van der Waals surface area contributed by atoms with Gasteiger partial charge >= 0.3 is 0 Å². The molecule has 0 radical (unpaired) electrons. The lowest BCUT2D eigenvalue weighted by Crippen LogP contribution is -2.46. The van der Waals surface area contributed by atoms with E-state index in [1.807, 2.05) is 0 Å². The fourth-order valence-corrected chi connectivity index (χ4v) is 3.47. The third kappa shape index (κ3) is 4.93. The van der Waals surface area contributed by atoms with Crippen molar-refractivity contribution in [1.82, 2.24) is 10.2 Å². The highest BCUT2D eigenvalue weighted by Gasteiger charge is 2.23. The summed E-state index contributed by atoms with van der Waals surface area (Å²) in [6.07, 6.45) is 1.47. The first-order valence-electron chi connectivity index (χ1n) is 8.72. The molecule has 1 aliphatic rings. The summed E-state index contributed by atoms with van der Waals surface area (Å²) in [5.74, 6) is 0.701. The molecule has 0 aromatic heterocycles. The van der Waals surface area contributed by atoms with Crippen molar-refractivity contribution in [3.8, 4) is 11.5 Å². The minimum absolute atomic E-state index is 0.0280. The van der Waals surface area contributed by atoms with Crippen molar-refractivity contribution in [2.24, 2.45) is 0 Å². The van der Waals surface area contributed by atoms with Gasteiger partial charge in [0.2, 0.25) is 5.91 Å². The fraction of sp³-hybridized carbons (Fsp3) is 0.300. The highest BCUT2D eigenvalue weighted by atomic mass is 35.5. The summed E-state index contributed by atoms with van der Waals surface area (Å²) in [7, 11) is 0. The number of para-hydroxylation sites is 1. The number of rotatable bonds is 4. The van der Waals surface area contributed by atoms with Gasteiger partial charge in [-0.2, -0.15) is 0 Å². The average Bonchev–Trinajstić information content (AvgIpc) is 2.65. The maximum absolute atomic E-state index is 12.8. The Morgan fingerprint density at radius 3 is 2.44 bits per heavy atom. The molecule has 1 fully saturated rings. The minimum atomic E-state index is -0.211. The number of halogens is 2. The molecule has 2 amide bonds. The number of nitrogens with one attached hydrogen (secondary N) is 1. The van der Waals surface area contributed by atoms with Crippen LogP contribution in [0.4, 0.5) is 0 Å². The van der Waals surface area contributed by atoms with Gasteiger partial charge in [-0.1, -0.05) is 35.3 Å². The lowest BCUT2D eigenvalue weighted by molar-refractivity contribution is -0.129. The maximum atomic E-state index is 12.8. The van der Waals surface area contributed by atoms with E-state index in [9.17, 15) is 9.59 Å². The van der Waals surface area contributed by atoms with Gasteiger partial charge in [0.05, 0.1) is 10.6 Å². The van der Waals surface area contributed by atoms with Crippen molar-refractivity contribution >= 4 is 35.0 Å². The number of piperidine rings is 1. The summed E-state index contributed by atoms with van der Waals surface area (Å²) >= 11 is 12.1. The molecule has 0 atom stereocenters. The first-order valence-corrected chi connectivity index (χ1v) is 9.48. The number of nitrogens with zero attached hydrogens (tertiary/aromatic N) is 1. The van der Waals surface area contributed by atoms with Crippen LogP contribution < -0.4 is 10.1 Å². The van der Waals surface area contributed by atoms with E-state index in [-0.39, 0.29) is 17.9 Å². The zero-order valence-corrected chi connectivity index (χ0v) is 16.4. The Balaban J connectivity index is 1.70. The largest absolute Gasteiger partial charge is 0.455 e. The zero-order valence-electron chi connectivity index (χ0n) is 14.9. The molecule has 1 aliphatic heterocycles. The average molecular weight is 407 g/mol. The maximum Gasteiger partial charge on any atom is 0.255 e. The van der Waals surface area contributed by atoms with E-state index in [0.29, 0.717) is 40.2 Å². The Hall–Kier alpha value is -2.24. The van der Waals surface area contributed by atoms with E-state index >= 15 is 0 Å². The molecule has 1 heterocycles. The van der Waals surface area contributed by atoms with Crippen LogP contribution in [-0.2, 0) is 4.79 Å². The van der Waals surface area contributed by atoms with Crippen molar-refractivity contribution in [2.75, 3.05) is 13.1 Å². The van der Waals surface area contributed by atoms with Crippen LogP contribution in [-0.4, -0.2) is 35.8 Å². The summed E-state index contributed by atoms with van der Waals surface area (Å²) in [6.45, 7) is 2.87. The van der Waals surface area contributed by atoms with E-state index in [2.05, 4.69) is 5.32 Å². The molecule has 0 bridgehead atoms. The predicted molar refractivity (Wildman–Crippen MR) is 106 cm³/mol. The molecule has 27 heavy (non-hydrogen) atoms. The molecule has 0 aliphatic carbocycles. The molecule has 7 heteroatoms.